The monoisotopic (exact) mass is 209 g/mol. The van der Waals surface area contributed by atoms with Crippen LogP contribution in [0.25, 0.3) is 0 Å². The Balaban J connectivity index is 2.51. The average molecular weight is 209 g/mol. The Labute approximate surface area is 90.5 Å². The first-order chi connectivity index (χ1) is 7.17. The number of nitrogens with two attached hydrogens (primary N) is 1. The lowest BCUT2D eigenvalue weighted by molar-refractivity contribution is -0.119. The van der Waals surface area contributed by atoms with Gasteiger partial charge in [0.2, 0.25) is 0 Å². The summed E-state index contributed by atoms with van der Waals surface area (Å²) in [7, 11) is 0. The van der Waals surface area contributed by atoms with Gasteiger partial charge < -0.3 is 10.3 Å². The van der Waals surface area contributed by atoms with Gasteiger partial charge in [-0.25, -0.2) is 4.98 Å². The number of hydrogen-bond acceptors (Lipinski definition) is 3. The SMILES string of the molecule is CCn1ccnc1CC(=O)CC(C)CN. The highest BCUT2D eigenvalue weighted by molar-refractivity contribution is 5.80. The molecule has 1 unspecified atom stereocenters. The molecule has 4 nitrogen and oxygen atoms in total. The Morgan fingerprint density at radius 1 is 1.67 bits per heavy atom. The van der Waals surface area contributed by atoms with Gasteiger partial charge in [0.1, 0.15) is 11.6 Å². The highest BCUT2D eigenvalue weighted by Gasteiger charge is 2.11. The molecular formula is C11H19N3O. The maximum atomic E-state index is 11.6. The van der Waals surface area contributed by atoms with E-state index < -0.39 is 0 Å². The minimum Gasteiger partial charge on any atom is -0.335 e. The first-order valence-corrected chi connectivity index (χ1v) is 5.39. The van der Waals surface area contributed by atoms with Crippen LogP contribution in [0.4, 0.5) is 0 Å². The fourth-order valence-corrected chi connectivity index (χ4v) is 1.52. The second-order valence-electron chi connectivity index (χ2n) is 3.89. The van der Waals surface area contributed by atoms with Crippen LogP contribution in [0, 0.1) is 5.92 Å². The number of aromatic nitrogens is 2. The molecule has 15 heavy (non-hydrogen) atoms. The van der Waals surface area contributed by atoms with Crippen LogP contribution in [0.1, 0.15) is 26.1 Å². The zero-order chi connectivity index (χ0) is 11.3. The molecule has 0 amide bonds. The molecule has 0 fully saturated rings. The highest BCUT2D eigenvalue weighted by Crippen LogP contribution is 2.05. The van der Waals surface area contributed by atoms with Gasteiger partial charge in [0.25, 0.3) is 0 Å². The van der Waals surface area contributed by atoms with Gasteiger partial charge in [0.15, 0.2) is 0 Å². The van der Waals surface area contributed by atoms with Crippen molar-refractivity contribution in [2.24, 2.45) is 11.7 Å². The lowest BCUT2D eigenvalue weighted by atomic mass is 10.0. The first-order valence-electron chi connectivity index (χ1n) is 5.39. The standard InChI is InChI=1S/C11H19N3O/c1-3-14-5-4-13-11(14)7-10(15)6-9(2)8-12/h4-5,9H,3,6-8,12H2,1-2H3. The van der Waals surface area contributed by atoms with E-state index in [-0.39, 0.29) is 11.7 Å². The number of carbonyl (C=O) groups excluding carboxylic acids is 1. The molecule has 0 aliphatic carbocycles. The third-order valence-corrected chi connectivity index (χ3v) is 2.48. The van der Waals surface area contributed by atoms with Gasteiger partial charge in [-0.05, 0) is 19.4 Å². The van der Waals surface area contributed by atoms with Gasteiger partial charge in [-0.15, -0.1) is 0 Å². The smallest absolute Gasteiger partial charge is 0.140 e. The van der Waals surface area contributed by atoms with Crippen molar-refractivity contribution in [3.63, 3.8) is 0 Å². The molecule has 0 aromatic carbocycles. The number of Topliss-reactive ketones (excluding diaryl/α,β-unsaturated/α-hetero) is 1. The summed E-state index contributed by atoms with van der Waals surface area (Å²) >= 11 is 0. The van der Waals surface area contributed by atoms with E-state index in [1.807, 2.05) is 24.6 Å². The molecule has 84 valence electrons. The van der Waals surface area contributed by atoms with E-state index in [1.54, 1.807) is 6.20 Å². The van der Waals surface area contributed by atoms with Crippen LogP contribution >= 0.6 is 0 Å². The molecule has 1 aromatic heterocycles. The molecular weight excluding hydrogens is 190 g/mol. The van der Waals surface area contributed by atoms with Crippen LogP contribution < -0.4 is 5.73 Å². The predicted octanol–water partition coefficient (Wildman–Crippen LogP) is 0.999. The Morgan fingerprint density at radius 3 is 3.00 bits per heavy atom. The molecule has 1 atom stereocenters. The van der Waals surface area contributed by atoms with E-state index in [2.05, 4.69) is 4.98 Å². The Hall–Kier alpha value is -1.16. The van der Waals surface area contributed by atoms with E-state index in [4.69, 9.17) is 5.73 Å². The maximum absolute atomic E-state index is 11.6. The number of rotatable bonds is 6. The van der Waals surface area contributed by atoms with Gasteiger partial charge in [-0.1, -0.05) is 6.92 Å². The summed E-state index contributed by atoms with van der Waals surface area (Å²) in [6.07, 6.45) is 4.60. The number of imidazole rings is 1. The molecule has 1 aromatic rings. The quantitative estimate of drug-likeness (QED) is 0.760. The van der Waals surface area contributed by atoms with Crippen molar-refractivity contribution in [3.05, 3.63) is 18.2 Å². The fraction of sp³-hybridized carbons (Fsp3) is 0.636. The average Bonchev–Trinajstić information content (AvgIpc) is 2.64. The van der Waals surface area contributed by atoms with Crippen molar-refractivity contribution in [1.82, 2.24) is 9.55 Å². The second-order valence-corrected chi connectivity index (χ2v) is 3.89. The van der Waals surface area contributed by atoms with Crippen LogP contribution in [-0.4, -0.2) is 21.9 Å². The molecule has 1 heterocycles. The molecule has 1 rings (SSSR count). The summed E-state index contributed by atoms with van der Waals surface area (Å²) < 4.78 is 1.99. The van der Waals surface area contributed by atoms with Crippen LogP contribution in [0.15, 0.2) is 12.4 Å². The number of aryl methyl sites for hydroxylation is 1. The van der Waals surface area contributed by atoms with E-state index >= 15 is 0 Å². The van der Waals surface area contributed by atoms with Gasteiger partial charge in [-0.2, -0.15) is 0 Å². The molecule has 0 aliphatic heterocycles. The number of carbonyl (C=O) groups is 1. The Morgan fingerprint density at radius 2 is 2.40 bits per heavy atom. The van der Waals surface area contributed by atoms with Crippen LogP contribution in [0.2, 0.25) is 0 Å². The summed E-state index contributed by atoms with van der Waals surface area (Å²) in [6.45, 7) is 5.45. The van der Waals surface area contributed by atoms with Gasteiger partial charge in [-0.3, -0.25) is 4.79 Å². The number of nitrogens with zero attached hydrogens (tertiary/aromatic N) is 2. The predicted molar refractivity (Wildman–Crippen MR) is 59.4 cm³/mol. The third-order valence-electron chi connectivity index (χ3n) is 2.48. The zero-order valence-corrected chi connectivity index (χ0v) is 9.44. The van der Waals surface area contributed by atoms with Gasteiger partial charge in [0.05, 0.1) is 6.42 Å². The van der Waals surface area contributed by atoms with E-state index in [0.29, 0.717) is 19.4 Å². The second kappa shape index (κ2) is 5.66. The summed E-state index contributed by atoms with van der Waals surface area (Å²) in [5.41, 5.74) is 5.48. The summed E-state index contributed by atoms with van der Waals surface area (Å²) in [5, 5.41) is 0. The number of hydrogen-bond donors (Lipinski definition) is 1. The first kappa shape index (κ1) is 11.9. The van der Waals surface area contributed by atoms with Crippen LogP contribution in [-0.2, 0) is 17.8 Å². The van der Waals surface area contributed by atoms with Crippen LogP contribution in [0.5, 0.6) is 0 Å². The fourth-order valence-electron chi connectivity index (χ4n) is 1.52. The molecule has 0 radical (unpaired) electrons. The van der Waals surface area contributed by atoms with Crippen molar-refractivity contribution in [1.29, 1.82) is 0 Å². The van der Waals surface area contributed by atoms with Crippen molar-refractivity contribution in [2.45, 2.75) is 33.2 Å². The van der Waals surface area contributed by atoms with E-state index in [0.717, 1.165) is 12.4 Å². The summed E-state index contributed by atoms with van der Waals surface area (Å²) in [4.78, 5) is 15.8. The van der Waals surface area contributed by atoms with Gasteiger partial charge in [0, 0.05) is 25.4 Å². The largest absolute Gasteiger partial charge is 0.335 e. The van der Waals surface area contributed by atoms with Crippen molar-refractivity contribution >= 4 is 5.78 Å². The van der Waals surface area contributed by atoms with Crippen LogP contribution in [0.3, 0.4) is 0 Å². The minimum absolute atomic E-state index is 0.217. The highest BCUT2D eigenvalue weighted by atomic mass is 16.1. The minimum atomic E-state index is 0.217. The molecule has 0 saturated carbocycles. The van der Waals surface area contributed by atoms with E-state index in [9.17, 15) is 4.79 Å². The van der Waals surface area contributed by atoms with E-state index in [1.165, 1.54) is 0 Å². The topological polar surface area (TPSA) is 60.9 Å². The zero-order valence-electron chi connectivity index (χ0n) is 9.44. The molecule has 4 heteroatoms. The molecule has 2 N–H and O–H groups in total. The number of ketones is 1. The Kier molecular flexibility index (Phi) is 4.49. The van der Waals surface area contributed by atoms with Crippen molar-refractivity contribution < 1.29 is 4.79 Å². The normalized spacial score (nSPS) is 12.7. The Bertz CT molecular complexity index is 319. The lowest BCUT2D eigenvalue weighted by Crippen LogP contribution is -2.17. The maximum Gasteiger partial charge on any atom is 0.140 e. The summed E-state index contributed by atoms with van der Waals surface area (Å²) in [5.74, 6) is 1.34. The van der Waals surface area contributed by atoms with Gasteiger partial charge >= 0.3 is 0 Å². The van der Waals surface area contributed by atoms with Crippen molar-refractivity contribution in [3.8, 4) is 0 Å². The molecule has 0 spiro atoms. The molecule has 0 aliphatic rings. The lowest BCUT2D eigenvalue weighted by Gasteiger charge is -2.07. The summed E-state index contributed by atoms with van der Waals surface area (Å²) in [6, 6.07) is 0. The third kappa shape index (κ3) is 3.47. The van der Waals surface area contributed by atoms with Crippen molar-refractivity contribution in [2.75, 3.05) is 6.54 Å². The molecule has 0 saturated heterocycles. The molecule has 0 bridgehead atoms.